The predicted octanol–water partition coefficient (Wildman–Crippen LogP) is 2.70. The minimum absolute atomic E-state index is 0.105. The van der Waals surface area contributed by atoms with Crippen LogP contribution in [-0.2, 0) is 6.54 Å². The molecule has 0 radical (unpaired) electrons. The second-order valence-electron chi connectivity index (χ2n) is 3.26. The van der Waals surface area contributed by atoms with E-state index in [2.05, 4.69) is 5.32 Å². The largest absolute Gasteiger partial charge is 0.313 e. The minimum atomic E-state index is -0.520. The lowest BCUT2D eigenvalue weighted by Gasteiger charge is -2.04. The minimum Gasteiger partial charge on any atom is -0.313 e. The molecule has 0 saturated carbocycles. The second-order valence-corrected chi connectivity index (χ2v) is 3.67. The summed E-state index contributed by atoms with van der Waals surface area (Å²) in [7, 11) is 0. The molecule has 0 saturated heterocycles. The Bertz CT molecular complexity index is 374. The fourth-order valence-corrected chi connectivity index (χ4v) is 1.42. The van der Waals surface area contributed by atoms with Gasteiger partial charge >= 0.3 is 0 Å². The van der Waals surface area contributed by atoms with Gasteiger partial charge in [0.25, 0.3) is 5.69 Å². The highest BCUT2D eigenvalue weighted by Gasteiger charge is 2.12. The average molecular weight is 247 g/mol. The van der Waals surface area contributed by atoms with Crippen LogP contribution in [0.5, 0.6) is 0 Å². The van der Waals surface area contributed by atoms with Gasteiger partial charge < -0.3 is 5.32 Å². The Morgan fingerprint density at radius 1 is 1.50 bits per heavy atom. The van der Waals surface area contributed by atoms with Crippen molar-refractivity contribution in [3.8, 4) is 0 Å². The van der Waals surface area contributed by atoms with Crippen molar-refractivity contribution >= 4 is 17.3 Å². The van der Waals surface area contributed by atoms with Crippen molar-refractivity contribution in [1.29, 1.82) is 0 Å². The van der Waals surface area contributed by atoms with Crippen LogP contribution in [0, 0.1) is 10.1 Å². The first-order chi connectivity index (χ1) is 7.65. The van der Waals surface area contributed by atoms with E-state index in [-0.39, 0.29) is 17.4 Å². The molecule has 0 aliphatic carbocycles. The smallest absolute Gasteiger partial charge is 0.288 e. The third-order valence-corrected chi connectivity index (χ3v) is 2.34. The number of hydrogen-bond acceptors (Lipinski definition) is 3. The third kappa shape index (κ3) is 3.75. The Morgan fingerprint density at radius 3 is 2.88 bits per heavy atom. The summed E-state index contributed by atoms with van der Waals surface area (Å²) in [5.74, 6) is 0. The molecule has 0 amide bonds. The highest BCUT2D eigenvalue weighted by molar-refractivity contribution is 6.32. The Kier molecular flexibility index (Phi) is 5.14. The van der Waals surface area contributed by atoms with E-state index in [1.54, 1.807) is 6.07 Å². The van der Waals surface area contributed by atoms with Crippen molar-refractivity contribution < 1.29 is 9.31 Å². The standard InChI is InChI=1S/C10H12ClFN2O2/c11-9-3-2-8(6-10(9)14(15)16)7-13-5-1-4-12/h2-3,6,13H,1,4-5,7H2. The van der Waals surface area contributed by atoms with E-state index in [1.165, 1.54) is 12.1 Å². The van der Waals surface area contributed by atoms with Gasteiger partial charge in [0.1, 0.15) is 5.02 Å². The molecule has 88 valence electrons. The lowest BCUT2D eigenvalue weighted by Crippen LogP contribution is -2.15. The first-order valence-corrected chi connectivity index (χ1v) is 5.22. The van der Waals surface area contributed by atoms with Gasteiger partial charge in [-0.2, -0.15) is 0 Å². The van der Waals surface area contributed by atoms with E-state index in [1.807, 2.05) is 0 Å². The van der Waals surface area contributed by atoms with Crippen LogP contribution < -0.4 is 5.32 Å². The fraction of sp³-hybridized carbons (Fsp3) is 0.400. The lowest BCUT2D eigenvalue weighted by atomic mass is 10.2. The molecule has 4 nitrogen and oxygen atoms in total. The topological polar surface area (TPSA) is 55.2 Å². The van der Waals surface area contributed by atoms with Gasteiger partial charge in [0.15, 0.2) is 0 Å². The van der Waals surface area contributed by atoms with Gasteiger partial charge in [-0.05, 0) is 24.6 Å². The van der Waals surface area contributed by atoms with Crippen LogP contribution in [0.1, 0.15) is 12.0 Å². The molecule has 0 fully saturated rings. The Hall–Kier alpha value is -1.20. The number of nitrogens with one attached hydrogen (secondary N) is 1. The number of nitro benzene ring substituents is 1. The molecule has 0 unspecified atom stereocenters. The molecule has 0 aliphatic heterocycles. The SMILES string of the molecule is O=[N+]([O-])c1cc(CNCCCF)ccc1Cl. The molecule has 6 heteroatoms. The molecule has 1 N–H and O–H groups in total. The summed E-state index contributed by atoms with van der Waals surface area (Å²) in [6.07, 6.45) is 0.440. The van der Waals surface area contributed by atoms with Gasteiger partial charge in [-0.1, -0.05) is 17.7 Å². The van der Waals surface area contributed by atoms with Crippen molar-refractivity contribution in [2.45, 2.75) is 13.0 Å². The molecule has 0 aliphatic rings. The molecular weight excluding hydrogens is 235 g/mol. The summed E-state index contributed by atoms with van der Waals surface area (Å²) >= 11 is 5.66. The molecule has 0 bridgehead atoms. The number of hydrogen-bond donors (Lipinski definition) is 1. The van der Waals surface area contributed by atoms with Crippen LogP contribution in [0.25, 0.3) is 0 Å². The zero-order valence-corrected chi connectivity index (χ0v) is 9.34. The van der Waals surface area contributed by atoms with E-state index in [9.17, 15) is 14.5 Å². The summed E-state index contributed by atoms with van der Waals surface area (Å²) in [6.45, 7) is 0.651. The Morgan fingerprint density at radius 2 is 2.25 bits per heavy atom. The van der Waals surface area contributed by atoms with Gasteiger partial charge in [0.05, 0.1) is 11.6 Å². The fourth-order valence-electron chi connectivity index (χ4n) is 1.23. The number of nitrogens with zero attached hydrogens (tertiary/aromatic N) is 1. The maximum atomic E-state index is 11.8. The molecule has 0 aromatic heterocycles. The van der Waals surface area contributed by atoms with Crippen LogP contribution >= 0.6 is 11.6 Å². The number of halogens is 2. The number of benzene rings is 1. The Balaban J connectivity index is 2.61. The maximum absolute atomic E-state index is 11.8. The molecule has 1 aromatic rings. The highest BCUT2D eigenvalue weighted by Crippen LogP contribution is 2.24. The molecular formula is C10H12ClFN2O2. The quantitative estimate of drug-likeness (QED) is 0.477. The monoisotopic (exact) mass is 246 g/mol. The number of alkyl halides is 1. The summed E-state index contributed by atoms with van der Waals surface area (Å²) in [4.78, 5) is 10.1. The summed E-state index contributed by atoms with van der Waals surface area (Å²) < 4.78 is 11.8. The summed E-state index contributed by atoms with van der Waals surface area (Å²) in [6, 6.07) is 4.62. The van der Waals surface area contributed by atoms with Crippen LogP contribution in [-0.4, -0.2) is 18.1 Å². The van der Waals surface area contributed by atoms with Gasteiger partial charge in [-0.25, -0.2) is 0 Å². The van der Waals surface area contributed by atoms with Gasteiger partial charge in [-0.15, -0.1) is 0 Å². The van der Waals surface area contributed by atoms with Crippen molar-refractivity contribution in [3.05, 3.63) is 38.9 Å². The number of rotatable bonds is 6. The zero-order chi connectivity index (χ0) is 12.0. The van der Waals surface area contributed by atoms with Gasteiger partial charge in [-0.3, -0.25) is 14.5 Å². The summed E-state index contributed by atoms with van der Waals surface area (Å²) in [5.41, 5.74) is 0.654. The van der Waals surface area contributed by atoms with Gasteiger partial charge in [0, 0.05) is 12.6 Å². The summed E-state index contributed by atoms with van der Waals surface area (Å²) in [5, 5.41) is 13.7. The maximum Gasteiger partial charge on any atom is 0.288 e. The molecule has 0 atom stereocenters. The second kappa shape index (κ2) is 6.40. The van der Waals surface area contributed by atoms with Crippen LogP contribution in [0.4, 0.5) is 10.1 Å². The Labute approximate surface area is 97.6 Å². The average Bonchev–Trinajstić information content (AvgIpc) is 2.26. The molecule has 1 aromatic carbocycles. The van der Waals surface area contributed by atoms with Crippen molar-refractivity contribution in [2.24, 2.45) is 0 Å². The van der Waals surface area contributed by atoms with Crippen LogP contribution in [0.15, 0.2) is 18.2 Å². The third-order valence-electron chi connectivity index (χ3n) is 2.02. The van der Waals surface area contributed by atoms with Crippen LogP contribution in [0.2, 0.25) is 5.02 Å². The van der Waals surface area contributed by atoms with E-state index < -0.39 is 4.92 Å². The first-order valence-electron chi connectivity index (χ1n) is 4.84. The highest BCUT2D eigenvalue weighted by atomic mass is 35.5. The van der Waals surface area contributed by atoms with E-state index in [0.717, 1.165) is 5.56 Å². The van der Waals surface area contributed by atoms with Crippen LogP contribution in [0.3, 0.4) is 0 Å². The van der Waals surface area contributed by atoms with E-state index in [0.29, 0.717) is 19.5 Å². The van der Waals surface area contributed by atoms with E-state index in [4.69, 9.17) is 11.6 Å². The van der Waals surface area contributed by atoms with Gasteiger partial charge in [0.2, 0.25) is 0 Å². The first kappa shape index (κ1) is 12.9. The normalized spacial score (nSPS) is 10.4. The lowest BCUT2D eigenvalue weighted by molar-refractivity contribution is -0.384. The molecule has 1 rings (SSSR count). The van der Waals surface area contributed by atoms with E-state index >= 15 is 0 Å². The molecule has 16 heavy (non-hydrogen) atoms. The van der Waals surface area contributed by atoms with Crippen molar-refractivity contribution in [1.82, 2.24) is 5.32 Å². The van der Waals surface area contributed by atoms with Crippen molar-refractivity contribution in [2.75, 3.05) is 13.2 Å². The van der Waals surface area contributed by atoms with Crippen molar-refractivity contribution in [3.63, 3.8) is 0 Å². The molecule has 0 spiro atoms. The number of nitro groups is 1. The molecule has 0 heterocycles. The zero-order valence-electron chi connectivity index (χ0n) is 8.58. The predicted molar refractivity (Wildman–Crippen MR) is 60.4 cm³/mol.